The summed E-state index contributed by atoms with van der Waals surface area (Å²) in [5, 5.41) is 0. The number of benzene rings is 3. The highest BCUT2D eigenvalue weighted by Gasteiger charge is 2.11. The van der Waals surface area contributed by atoms with Gasteiger partial charge in [-0.1, -0.05) is 6.07 Å². The highest BCUT2D eigenvalue weighted by atomic mass is 16.5. The van der Waals surface area contributed by atoms with Gasteiger partial charge in [-0.15, -0.1) is 0 Å². The van der Waals surface area contributed by atoms with Crippen molar-refractivity contribution in [1.82, 2.24) is 9.97 Å². The number of amides is 1. The SMILES string of the molecule is NC(=O)c1ccc2[nH]c(-c3ccc(Oc4ccc5c(c4)CCCC5)cc3)nc2c1. The fraction of sp³-hybridized carbons (Fsp3) is 0.167. The molecule has 0 fully saturated rings. The summed E-state index contributed by atoms with van der Waals surface area (Å²) in [5.41, 5.74) is 11.2. The molecule has 0 aliphatic heterocycles. The van der Waals surface area contributed by atoms with Gasteiger partial charge in [0.1, 0.15) is 17.3 Å². The minimum Gasteiger partial charge on any atom is -0.457 e. The molecular formula is C24H21N3O2. The van der Waals surface area contributed by atoms with E-state index in [1.54, 1.807) is 12.1 Å². The summed E-state index contributed by atoms with van der Waals surface area (Å²) < 4.78 is 6.05. The van der Waals surface area contributed by atoms with Crippen LogP contribution in [0.2, 0.25) is 0 Å². The Morgan fingerprint density at radius 1 is 0.897 bits per heavy atom. The zero-order valence-corrected chi connectivity index (χ0v) is 15.9. The van der Waals surface area contributed by atoms with Crippen molar-refractivity contribution in [1.29, 1.82) is 0 Å². The molecule has 5 heteroatoms. The van der Waals surface area contributed by atoms with Gasteiger partial charge in [0.25, 0.3) is 0 Å². The van der Waals surface area contributed by atoms with Gasteiger partial charge in [0.2, 0.25) is 5.91 Å². The minimum absolute atomic E-state index is 0.448. The molecule has 1 amide bonds. The largest absolute Gasteiger partial charge is 0.457 e. The number of rotatable bonds is 4. The van der Waals surface area contributed by atoms with Crippen LogP contribution in [-0.4, -0.2) is 15.9 Å². The molecular weight excluding hydrogens is 362 g/mol. The molecule has 1 heterocycles. The summed E-state index contributed by atoms with van der Waals surface area (Å²) in [6.45, 7) is 0. The number of H-pyrrole nitrogens is 1. The second-order valence-electron chi connectivity index (χ2n) is 7.45. The molecule has 5 nitrogen and oxygen atoms in total. The predicted molar refractivity (Wildman–Crippen MR) is 113 cm³/mol. The van der Waals surface area contributed by atoms with Crippen LogP contribution >= 0.6 is 0 Å². The van der Waals surface area contributed by atoms with Gasteiger partial charge < -0.3 is 15.5 Å². The lowest BCUT2D eigenvalue weighted by atomic mass is 9.92. The third-order valence-corrected chi connectivity index (χ3v) is 5.45. The first-order valence-corrected chi connectivity index (χ1v) is 9.85. The predicted octanol–water partition coefficient (Wildman–Crippen LogP) is 5.00. The Hall–Kier alpha value is -3.60. The third-order valence-electron chi connectivity index (χ3n) is 5.45. The Bertz CT molecular complexity index is 1210. The molecule has 0 saturated heterocycles. The molecule has 0 atom stereocenters. The van der Waals surface area contributed by atoms with Gasteiger partial charge >= 0.3 is 0 Å². The number of fused-ring (bicyclic) bond motifs is 2. The van der Waals surface area contributed by atoms with E-state index in [0.717, 1.165) is 34.8 Å². The molecule has 144 valence electrons. The number of nitrogens with one attached hydrogen (secondary N) is 1. The lowest BCUT2D eigenvalue weighted by molar-refractivity contribution is 0.100. The second-order valence-corrected chi connectivity index (χ2v) is 7.45. The van der Waals surface area contributed by atoms with Gasteiger partial charge in [0, 0.05) is 11.1 Å². The Labute approximate surface area is 168 Å². The summed E-state index contributed by atoms with van der Waals surface area (Å²) in [4.78, 5) is 19.2. The van der Waals surface area contributed by atoms with Crippen molar-refractivity contribution >= 4 is 16.9 Å². The number of primary amides is 1. The quantitative estimate of drug-likeness (QED) is 0.520. The van der Waals surface area contributed by atoms with Crippen LogP contribution in [0.4, 0.5) is 0 Å². The molecule has 1 aliphatic carbocycles. The molecule has 5 rings (SSSR count). The van der Waals surface area contributed by atoms with E-state index in [0.29, 0.717) is 11.1 Å². The maximum absolute atomic E-state index is 11.4. The number of aromatic amines is 1. The van der Waals surface area contributed by atoms with E-state index in [9.17, 15) is 4.79 Å². The maximum atomic E-state index is 11.4. The van der Waals surface area contributed by atoms with Crippen LogP contribution in [0.25, 0.3) is 22.4 Å². The van der Waals surface area contributed by atoms with Crippen LogP contribution in [0, 0.1) is 0 Å². The van der Waals surface area contributed by atoms with Crippen LogP contribution in [0.5, 0.6) is 11.5 Å². The number of carbonyl (C=O) groups is 1. The Balaban J connectivity index is 1.37. The van der Waals surface area contributed by atoms with Crippen LogP contribution < -0.4 is 10.5 Å². The molecule has 3 aromatic carbocycles. The number of imidazole rings is 1. The molecule has 0 bridgehead atoms. The Kier molecular flexibility index (Phi) is 4.28. The number of hydrogen-bond donors (Lipinski definition) is 2. The smallest absolute Gasteiger partial charge is 0.248 e. The first-order valence-electron chi connectivity index (χ1n) is 9.85. The molecule has 29 heavy (non-hydrogen) atoms. The summed E-state index contributed by atoms with van der Waals surface area (Å²) in [6, 6.07) is 19.4. The number of ether oxygens (including phenoxy) is 1. The van der Waals surface area contributed by atoms with E-state index in [4.69, 9.17) is 10.5 Å². The van der Waals surface area contributed by atoms with Gasteiger partial charge in [-0.05, 0) is 91.4 Å². The van der Waals surface area contributed by atoms with E-state index < -0.39 is 5.91 Å². The first-order chi connectivity index (χ1) is 14.2. The summed E-state index contributed by atoms with van der Waals surface area (Å²) in [6.07, 6.45) is 4.83. The van der Waals surface area contributed by atoms with Crippen LogP contribution in [0.15, 0.2) is 60.7 Å². The number of aromatic nitrogens is 2. The van der Waals surface area contributed by atoms with Crippen molar-refractivity contribution in [2.24, 2.45) is 5.73 Å². The standard InChI is InChI=1S/C24H21N3O2/c25-23(28)18-8-12-21-22(14-18)27-24(26-21)16-6-9-19(10-7-16)29-20-11-5-15-3-1-2-4-17(15)13-20/h5-14H,1-4H2,(H2,25,28)(H,26,27). The molecule has 1 aliphatic rings. The van der Waals surface area contributed by atoms with Crippen molar-refractivity contribution < 1.29 is 9.53 Å². The number of nitrogens with two attached hydrogens (primary N) is 1. The van der Waals surface area contributed by atoms with Gasteiger partial charge in [0.05, 0.1) is 11.0 Å². The number of carbonyl (C=O) groups excluding carboxylic acids is 1. The van der Waals surface area contributed by atoms with E-state index in [1.807, 2.05) is 36.4 Å². The van der Waals surface area contributed by atoms with E-state index in [1.165, 1.54) is 30.4 Å². The fourth-order valence-corrected chi connectivity index (χ4v) is 3.89. The molecule has 0 radical (unpaired) electrons. The van der Waals surface area contributed by atoms with Crippen molar-refractivity contribution in [3.05, 3.63) is 77.4 Å². The van der Waals surface area contributed by atoms with Crippen LogP contribution in [0.1, 0.15) is 34.3 Å². The molecule has 3 N–H and O–H groups in total. The van der Waals surface area contributed by atoms with Crippen molar-refractivity contribution in [3.63, 3.8) is 0 Å². The van der Waals surface area contributed by atoms with Gasteiger partial charge in [-0.3, -0.25) is 4.79 Å². The lowest BCUT2D eigenvalue weighted by Crippen LogP contribution is -2.10. The molecule has 4 aromatic rings. The van der Waals surface area contributed by atoms with Crippen molar-refractivity contribution in [3.8, 4) is 22.9 Å². The monoisotopic (exact) mass is 383 g/mol. The van der Waals surface area contributed by atoms with Crippen molar-refractivity contribution in [2.75, 3.05) is 0 Å². The van der Waals surface area contributed by atoms with Crippen LogP contribution in [-0.2, 0) is 12.8 Å². The third kappa shape index (κ3) is 3.47. The highest BCUT2D eigenvalue weighted by Crippen LogP contribution is 2.30. The van der Waals surface area contributed by atoms with Gasteiger partial charge in [-0.2, -0.15) is 0 Å². The normalized spacial score (nSPS) is 13.2. The lowest BCUT2D eigenvalue weighted by Gasteiger charge is -2.16. The van der Waals surface area contributed by atoms with Crippen LogP contribution in [0.3, 0.4) is 0 Å². The first kappa shape index (κ1) is 17.5. The van der Waals surface area contributed by atoms with Crippen molar-refractivity contribution in [2.45, 2.75) is 25.7 Å². The number of hydrogen-bond acceptors (Lipinski definition) is 3. The fourth-order valence-electron chi connectivity index (χ4n) is 3.89. The maximum Gasteiger partial charge on any atom is 0.248 e. The molecule has 0 spiro atoms. The number of nitrogens with zero attached hydrogens (tertiary/aromatic N) is 1. The van der Waals surface area contributed by atoms with E-state index in [2.05, 4.69) is 22.1 Å². The zero-order chi connectivity index (χ0) is 19.8. The zero-order valence-electron chi connectivity index (χ0n) is 15.9. The van der Waals surface area contributed by atoms with Gasteiger partial charge in [-0.25, -0.2) is 4.98 Å². The average molecular weight is 383 g/mol. The summed E-state index contributed by atoms with van der Waals surface area (Å²) in [5.74, 6) is 1.94. The van der Waals surface area contributed by atoms with Gasteiger partial charge in [0.15, 0.2) is 0 Å². The molecule has 0 unspecified atom stereocenters. The molecule has 1 aromatic heterocycles. The Morgan fingerprint density at radius 2 is 1.66 bits per heavy atom. The second kappa shape index (κ2) is 7.09. The van der Waals surface area contributed by atoms with E-state index >= 15 is 0 Å². The topological polar surface area (TPSA) is 81.0 Å². The Morgan fingerprint density at radius 3 is 2.45 bits per heavy atom. The van der Waals surface area contributed by atoms with E-state index in [-0.39, 0.29) is 0 Å². The summed E-state index contributed by atoms with van der Waals surface area (Å²) >= 11 is 0. The number of aryl methyl sites for hydroxylation is 2. The summed E-state index contributed by atoms with van der Waals surface area (Å²) in [7, 11) is 0. The average Bonchev–Trinajstić information content (AvgIpc) is 3.17. The molecule has 0 saturated carbocycles. The minimum atomic E-state index is -0.458. The highest BCUT2D eigenvalue weighted by molar-refractivity contribution is 5.96.